The van der Waals surface area contributed by atoms with Crippen LogP contribution in [-0.2, 0) is 22.6 Å². The highest BCUT2D eigenvalue weighted by molar-refractivity contribution is 6.27. The first-order valence-electron chi connectivity index (χ1n) is 8.20. The zero-order valence-electron chi connectivity index (χ0n) is 15.3. The van der Waals surface area contributed by atoms with Crippen molar-refractivity contribution in [3.8, 4) is 5.75 Å². The number of hydrogen-bond donors (Lipinski definition) is 3. The van der Waals surface area contributed by atoms with Gasteiger partial charge in [-0.2, -0.15) is 0 Å². The summed E-state index contributed by atoms with van der Waals surface area (Å²) in [4.78, 5) is 18.2. The van der Waals surface area contributed by atoms with Gasteiger partial charge in [-0.15, -0.1) is 0 Å². The first-order valence-corrected chi connectivity index (χ1v) is 8.20. The second-order valence-electron chi connectivity index (χ2n) is 5.77. The standard InChI is InChI=1S/C18H23NO.C2H2O4/c1-14-12-18(20-3)15(2)11-17(14)13-19-10-9-16-7-5-4-6-8-16;3-1(4)2(5)6/h4-8,11-12,19H,9-10,13H2,1-3H3;(H,3,4)(H,5,6). The highest BCUT2D eigenvalue weighted by atomic mass is 16.5. The van der Waals surface area contributed by atoms with Crippen LogP contribution in [0.2, 0.25) is 0 Å². The summed E-state index contributed by atoms with van der Waals surface area (Å²) in [6.07, 6.45) is 1.06. The lowest BCUT2D eigenvalue weighted by Gasteiger charge is -2.12. The highest BCUT2D eigenvalue weighted by Crippen LogP contribution is 2.22. The minimum Gasteiger partial charge on any atom is -0.496 e. The van der Waals surface area contributed by atoms with Crippen molar-refractivity contribution in [2.24, 2.45) is 0 Å². The van der Waals surface area contributed by atoms with E-state index >= 15 is 0 Å². The molecule has 0 amide bonds. The molecule has 26 heavy (non-hydrogen) atoms. The average molecular weight is 359 g/mol. The van der Waals surface area contributed by atoms with Gasteiger partial charge in [0.05, 0.1) is 7.11 Å². The summed E-state index contributed by atoms with van der Waals surface area (Å²) in [6, 6.07) is 14.9. The molecule has 0 aromatic heterocycles. The lowest BCUT2D eigenvalue weighted by Crippen LogP contribution is -2.17. The number of nitrogens with one attached hydrogen (secondary N) is 1. The summed E-state index contributed by atoms with van der Waals surface area (Å²) < 4.78 is 5.34. The van der Waals surface area contributed by atoms with Crippen molar-refractivity contribution in [3.05, 3.63) is 64.7 Å². The monoisotopic (exact) mass is 359 g/mol. The average Bonchev–Trinajstić information content (AvgIpc) is 2.62. The van der Waals surface area contributed by atoms with Gasteiger partial charge in [-0.05, 0) is 55.1 Å². The largest absolute Gasteiger partial charge is 0.496 e. The van der Waals surface area contributed by atoms with Crippen molar-refractivity contribution in [1.82, 2.24) is 5.32 Å². The van der Waals surface area contributed by atoms with Crippen molar-refractivity contribution in [2.75, 3.05) is 13.7 Å². The molecule has 2 rings (SSSR count). The first-order chi connectivity index (χ1) is 12.3. The number of aliphatic carboxylic acids is 2. The Morgan fingerprint density at radius 3 is 2.15 bits per heavy atom. The normalized spacial score (nSPS) is 9.81. The van der Waals surface area contributed by atoms with Crippen molar-refractivity contribution in [2.45, 2.75) is 26.8 Å². The minimum absolute atomic E-state index is 0.906. The van der Waals surface area contributed by atoms with Gasteiger partial charge >= 0.3 is 11.9 Å². The molecule has 0 aliphatic carbocycles. The Morgan fingerprint density at radius 2 is 1.62 bits per heavy atom. The number of hydrogen-bond acceptors (Lipinski definition) is 4. The summed E-state index contributed by atoms with van der Waals surface area (Å²) in [5.41, 5.74) is 5.19. The molecule has 0 atom stereocenters. The van der Waals surface area contributed by atoms with E-state index in [0.717, 1.165) is 25.3 Å². The number of carbonyl (C=O) groups is 2. The van der Waals surface area contributed by atoms with E-state index in [9.17, 15) is 0 Å². The number of benzene rings is 2. The molecule has 0 fully saturated rings. The molecule has 6 heteroatoms. The maximum atomic E-state index is 9.10. The van der Waals surface area contributed by atoms with Crippen molar-refractivity contribution in [1.29, 1.82) is 0 Å². The third kappa shape index (κ3) is 7.36. The Bertz CT molecular complexity index is 716. The maximum absolute atomic E-state index is 9.10. The fourth-order valence-electron chi connectivity index (χ4n) is 2.36. The van der Waals surface area contributed by atoms with E-state index in [1.54, 1.807) is 7.11 Å². The maximum Gasteiger partial charge on any atom is 0.414 e. The third-order valence-electron chi connectivity index (χ3n) is 3.79. The van der Waals surface area contributed by atoms with Crippen LogP contribution in [0.5, 0.6) is 5.75 Å². The third-order valence-corrected chi connectivity index (χ3v) is 3.79. The van der Waals surface area contributed by atoms with E-state index in [0.29, 0.717) is 0 Å². The second kappa shape index (κ2) is 10.9. The predicted octanol–water partition coefficient (Wildman–Crippen LogP) is 2.80. The Morgan fingerprint density at radius 1 is 1.00 bits per heavy atom. The molecule has 0 saturated carbocycles. The second-order valence-corrected chi connectivity index (χ2v) is 5.77. The zero-order chi connectivity index (χ0) is 19.5. The topological polar surface area (TPSA) is 95.9 Å². The number of aryl methyl sites for hydroxylation is 2. The van der Waals surface area contributed by atoms with Gasteiger partial charge < -0.3 is 20.3 Å². The van der Waals surface area contributed by atoms with E-state index in [1.165, 1.54) is 22.3 Å². The summed E-state index contributed by atoms with van der Waals surface area (Å²) in [7, 11) is 1.72. The summed E-state index contributed by atoms with van der Waals surface area (Å²) in [5, 5.41) is 18.3. The van der Waals surface area contributed by atoms with E-state index in [2.05, 4.69) is 61.6 Å². The molecule has 2 aromatic carbocycles. The molecule has 0 radical (unpaired) electrons. The van der Waals surface area contributed by atoms with Gasteiger partial charge in [-0.25, -0.2) is 9.59 Å². The molecular formula is C20H25NO5. The molecule has 0 aliphatic rings. The summed E-state index contributed by atoms with van der Waals surface area (Å²) in [5.74, 6) is -2.68. The zero-order valence-corrected chi connectivity index (χ0v) is 15.3. The molecule has 0 saturated heterocycles. The molecule has 0 unspecified atom stereocenters. The lowest BCUT2D eigenvalue weighted by atomic mass is 10.0. The van der Waals surface area contributed by atoms with E-state index in [4.69, 9.17) is 24.5 Å². The van der Waals surface area contributed by atoms with Gasteiger partial charge in [-0.3, -0.25) is 0 Å². The molecule has 3 N–H and O–H groups in total. The molecule has 2 aromatic rings. The summed E-state index contributed by atoms with van der Waals surface area (Å²) in [6.45, 7) is 6.12. The van der Waals surface area contributed by atoms with Gasteiger partial charge in [0, 0.05) is 6.54 Å². The lowest BCUT2D eigenvalue weighted by molar-refractivity contribution is -0.159. The Labute approximate surface area is 153 Å². The van der Waals surface area contributed by atoms with Gasteiger partial charge in [0.25, 0.3) is 0 Å². The van der Waals surface area contributed by atoms with Gasteiger partial charge in [0.15, 0.2) is 0 Å². The van der Waals surface area contributed by atoms with Crippen LogP contribution >= 0.6 is 0 Å². The molecule has 0 bridgehead atoms. The fourth-order valence-corrected chi connectivity index (χ4v) is 2.36. The van der Waals surface area contributed by atoms with Gasteiger partial charge in [0.1, 0.15) is 5.75 Å². The number of carboxylic acids is 2. The Hall–Kier alpha value is -2.86. The number of rotatable bonds is 6. The molecule has 0 heterocycles. The van der Waals surface area contributed by atoms with Crippen molar-refractivity contribution >= 4 is 11.9 Å². The van der Waals surface area contributed by atoms with E-state index < -0.39 is 11.9 Å². The fraction of sp³-hybridized carbons (Fsp3) is 0.300. The molecule has 140 valence electrons. The minimum atomic E-state index is -1.82. The smallest absolute Gasteiger partial charge is 0.414 e. The molecular weight excluding hydrogens is 334 g/mol. The van der Waals surface area contributed by atoms with Crippen molar-refractivity contribution in [3.63, 3.8) is 0 Å². The van der Waals surface area contributed by atoms with Crippen molar-refractivity contribution < 1.29 is 24.5 Å². The van der Waals surface area contributed by atoms with Crippen LogP contribution in [0, 0.1) is 13.8 Å². The number of carboxylic acid groups (broad SMARTS) is 2. The van der Waals surface area contributed by atoms with Crippen LogP contribution in [0.3, 0.4) is 0 Å². The van der Waals surface area contributed by atoms with E-state index in [1.807, 2.05) is 0 Å². The molecule has 6 nitrogen and oxygen atoms in total. The Balaban J connectivity index is 0.000000487. The Kier molecular flexibility index (Phi) is 8.87. The summed E-state index contributed by atoms with van der Waals surface area (Å²) >= 11 is 0. The van der Waals surface area contributed by atoms with Crippen LogP contribution in [0.15, 0.2) is 42.5 Å². The molecule has 0 aliphatic heterocycles. The van der Waals surface area contributed by atoms with Crippen LogP contribution in [-0.4, -0.2) is 35.8 Å². The first kappa shape index (κ1) is 21.2. The quantitative estimate of drug-likeness (QED) is 0.542. The number of ether oxygens (including phenoxy) is 1. The predicted molar refractivity (Wildman–Crippen MR) is 99.6 cm³/mol. The number of methoxy groups -OCH3 is 1. The van der Waals surface area contributed by atoms with Gasteiger partial charge in [0.2, 0.25) is 0 Å². The van der Waals surface area contributed by atoms with Gasteiger partial charge in [-0.1, -0.05) is 36.4 Å². The molecule has 0 spiro atoms. The van der Waals surface area contributed by atoms with E-state index in [-0.39, 0.29) is 0 Å². The SMILES string of the molecule is COc1cc(C)c(CNCCc2ccccc2)cc1C.O=C(O)C(=O)O. The van der Waals surface area contributed by atoms with Crippen LogP contribution in [0.4, 0.5) is 0 Å². The highest BCUT2D eigenvalue weighted by Gasteiger charge is 2.05. The van der Waals surface area contributed by atoms with Crippen LogP contribution in [0.1, 0.15) is 22.3 Å². The van der Waals surface area contributed by atoms with Crippen LogP contribution in [0.25, 0.3) is 0 Å². The van der Waals surface area contributed by atoms with Crippen LogP contribution < -0.4 is 10.1 Å².